The van der Waals surface area contributed by atoms with E-state index < -0.39 is 0 Å². The summed E-state index contributed by atoms with van der Waals surface area (Å²) in [5.74, 6) is 1.22. The first-order valence-electron chi connectivity index (χ1n) is 8.06. The summed E-state index contributed by atoms with van der Waals surface area (Å²) in [7, 11) is 1.74. The summed E-state index contributed by atoms with van der Waals surface area (Å²) in [6.45, 7) is 2.60. The smallest absolute Gasteiger partial charge is 0.224 e. The van der Waals surface area contributed by atoms with Crippen LogP contribution < -0.4 is 5.32 Å². The van der Waals surface area contributed by atoms with Gasteiger partial charge in [-0.2, -0.15) is 0 Å². The van der Waals surface area contributed by atoms with E-state index in [1.807, 2.05) is 31.2 Å². The van der Waals surface area contributed by atoms with Gasteiger partial charge >= 0.3 is 0 Å². The van der Waals surface area contributed by atoms with Crippen molar-refractivity contribution in [2.24, 2.45) is 0 Å². The van der Waals surface area contributed by atoms with E-state index in [4.69, 9.17) is 4.42 Å². The molecule has 0 saturated carbocycles. The number of amides is 2. The number of hydrogen-bond donors (Lipinski definition) is 1. The van der Waals surface area contributed by atoms with E-state index in [0.717, 1.165) is 5.56 Å². The van der Waals surface area contributed by atoms with Crippen LogP contribution in [0.5, 0.6) is 0 Å². The second kappa shape index (κ2) is 6.86. The summed E-state index contributed by atoms with van der Waals surface area (Å²) < 4.78 is 5.71. The van der Waals surface area contributed by atoms with E-state index in [0.29, 0.717) is 37.5 Å². The summed E-state index contributed by atoms with van der Waals surface area (Å²) in [6, 6.07) is 7.91. The Morgan fingerprint density at radius 3 is 2.79 bits per heavy atom. The van der Waals surface area contributed by atoms with Crippen molar-refractivity contribution >= 4 is 11.8 Å². The van der Waals surface area contributed by atoms with Gasteiger partial charge in [-0.3, -0.25) is 9.59 Å². The van der Waals surface area contributed by atoms with Crippen LogP contribution >= 0.6 is 0 Å². The first-order chi connectivity index (χ1) is 11.5. The number of rotatable bonds is 5. The van der Waals surface area contributed by atoms with Crippen molar-refractivity contribution in [3.05, 3.63) is 41.9 Å². The molecule has 1 unspecified atom stereocenters. The van der Waals surface area contributed by atoms with Crippen LogP contribution in [0.3, 0.4) is 0 Å². The Labute approximate surface area is 140 Å². The second-order valence-electron chi connectivity index (χ2n) is 6.23. The van der Waals surface area contributed by atoms with Crippen LogP contribution in [-0.4, -0.2) is 41.3 Å². The molecule has 6 heteroatoms. The Morgan fingerprint density at radius 1 is 1.38 bits per heavy atom. The fourth-order valence-electron chi connectivity index (χ4n) is 2.76. The lowest BCUT2D eigenvalue weighted by Gasteiger charge is -2.11. The van der Waals surface area contributed by atoms with E-state index in [1.54, 1.807) is 18.1 Å². The molecule has 3 rings (SSSR count). The molecule has 1 saturated heterocycles. The average molecular weight is 327 g/mol. The van der Waals surface area contributed by atoms with Crippen LogP contribution in [0.4, 0.5) is 0 Å². The topological polar surface area (TPSA) is 75.4 Å². The summed E-state index contributed by atoms with van der Waals surface area (Å²) in [4.78, 5) is 29.3. The number of aromatic nitrogens is 1. The first-order valence-corrected chi connectivity index (χ1v) is 8.06. The Kier molecular flexibility index (Phi) is 4.64. The zero-order valence-corrected chi connectivity index (χ0v) is 13.9. The highest BCUT2D eigenvalue weighted by Crippen LogP contribution is 2.21. The molecular weight excluding hydrogens is 306 g/mol. The third-order valence-corrected chi connectivity index (χ3v) is 4.16. The second-order valence-corrected chi connectivity index (χ2v) is 6.23. The Balaban J connectivity index is 1.51. The lowest BCUT2D eigenvalue weighted by molar-refractivity contribution is -0.126. The molecule has 1 atom stereocenters. The van der Waals surface area contributed by atoms with Gasteiger partial charge in [0.15, 0.2) is 11.7 Å². The molecule has 0 spiro atoms. The lowest BCUT2D eigenvalue weighted by Crippen LogP contribution is -2.36. The van der Waals surface area contributed by atoms with E-state index >= 15 is 0 Å². The average Bonchev–Trinajstić information content (AvgIpc) is 3.13. The molecule has 0 aliphatic carbocycles. The standard InChI is InChI=1S/C18H21N3O3/c1-12-3-5-13(6-4-12)15-10-19-17(24-15)8-7-16(22)20-14-9-18(23)21(2)11-14/h3-6,10,14H,7-9,11H2,1-2H3,(H,20,22). The maximum absolute atomic E-state index is 12.0. The number of likely N-dealkylation sites (tertiary alicyclic amines) is 1. The first kappa shape index (κ1) is 16.2. The van der Waals surface area contributed by atoms with Crippen molar-refractivity contribution in [2.45, 2.75) is 32.2 Å². The van der Waals surface area contributed by atoms with Crippen molar-refractivity contribution in [1.82, 2.24) is 15.2 Å². The highest BCUT2D eigenvalue weighted by molar-refractivity contribution is 5.82. The van der Waals surface area contributed by atoms with Crippen LogP contribution in [0.15, 0.2) is 34.9 Å². The Hall–Kier alpha value is -2.63. The van der Waals surface area contributed by atoms with E-state index in [-0.39, 0.29) is 17.9 Å². The minimum Gasteiger partial charge on any atom is -0.441 e. The van der Waals surface area contributed by atoms with Crippen molar-refractivity contribution in [2.75, 3.05) is 13.6 Å². The van der Waals surface area contributed by atoms with E-state index in [1.165, 1.54) is 5.56 Å². The summed E-state index contributed by atoms with van der Waals surface area (Å²) >= 11 is 0. The summed E-state index contributed by atoms with van der Waals surface area (Å²) in [5, 5.41) is 2.88. The molecule has 1 N–H and O–H groups in total. The molecule has 1 aromatic carbocycles. The Morgan fingerprint density at radius 2 is 2.12 bits per heavy atom. The predicted octanol–water partition coefficient (Wildman–Crippen LogP) is 1.93. The number of nitrogens with zero attached hydrogens (tertiary/aromatic N) is 2. The molecule has 1 aliphatic heterocycles. The van der Waals surface area contributed by atoms with Gasteiger partial charge in [0, 0.05) is 38.4 Å². The van der Waals surface area contributed by atoms with E-state index in [9.17, 15) is 9.59 Å². The zero-order chi connectivity index (χ0) is 17.1. The lowest BCUT2D eigenvalue weighted by atomic mass is 10.1. The number of benzene rings is 1. The monoisotopic (exact) mass is 327 g/mol. The van der Waals surface area contributed by atoms with Crippen LogP contribution in [0.25, 0.3) is 11.3 Å². The molecule has 2 amide bonds. The molecular formula is C18H21N3O3. The maximum Gasteiger partial charge on any atom is 0.224 e. The normalized spacial score (nSPS) is 17.3. The third-order valence-electron chi connectivity index (χ3n) is 4.16. The quantitative estimate of drug-likeness (QED) is 0.910. The molecule has 6 nitrogen and oxygen atoms in total. The van der Waals surface area contributed by atoms with Crippen molar-refractivity contribution in [1.29, 1.82) is 0 Å². The Bertz CT molecular complexity index is 736. The number of hydrogen-bond acceptors (Lipinski definition) is 4. The summed E-state index contributed by atoms with van der Waals surface area (Å²) in [5.41, 5.74) is 2.16. The molecule has 1 fully saturated rings. The zero-order valence-electron chi connectivity index (χ0n) is 13.9. The van der Waals surface area contributed by atoms with Gasteiger partial charge in [0.25, 0.3) is 0 Å². The number of aryl methyl sites for hydroxylation is 2. The minimum absolute atomic E-state index is 0.0655. The molecule has 1 aromatic heterocycles. The maximum atomic E-state index is 12.0. The van der Waals surface area contributed by atoms with Gasteiger partial charge in [-0.25, -0.2) is 4.98 Å². The minimum atomic E-state index is -0.0947. The van der Waals surface area contributed by atoms with Gasteiger partial charge in [0.1, 0.15) is 0 Å². The fraction of sp³-hybridized carbons (Fsp3) is 0.389. The van der Waals surface area contributed by atoms with Gasteiger partial charge in [0.2, 0.25) is 11.8 Å². The van der Waals surface area contributed by atoms with Crippen molar-refractivity contribution in [3.8, 4) is 11.3 Å². The molecule has 126 valence electrons. The number of carbonyl (C=O) groups excluding carboxylic acids is 2. The fourth-order valence-corrected chi connectivity index (χ4v) is 2.76. The predicted molar refractivity (Wildman–Crippen MR) is 89.2 cm³/mol. The SMILES string of the molecule is Cc1ccc(-c2cnc(CCC(=O)NC3CC(=O)N(C)C3)o2)cc1. The summed E-state index contributed by atoms with van der Waals surface area (Å²) in [6.07, 6.45) is 2.79. The van der Waals surface area contributed by atoms with Gasteiger partial charge in [-0.1, -0.05) is 29.8 Å². The van der Waals surface area contributed by atoms with Gasteiger partial charge < -0.3 is 14.6 Å². The molecule has 24 heavy (non-hydrogen) atoms. The number of likely N-dealkylation sites (N-methyl/N-ethyl adjacent to an activating group) is 1. The third kappa shape index (κ3) is 3.82. The van der Waals surface area contributed by atoms with Crippen LogP contribution in [0, 0.1) is 6.92 Å². The van der Waals surface area contributed by atoms with Crippen LogP contribution in [-0.2, 0) is 16.0 Å². The molecule has 2 aromatic rings. The van der Waals surface area contributed by atoms with Gasteiger partial charge in [0.05, 0.1) is 12.2 Å². The highest BCUT2D eigenvalue weighted by atomic mass is 16.4. The highest BCUT2D eigenvalue weighted by Gasteiger charge is 2.27. The van der Waals surface area contributed by atoms with Gasteiger partial charge in [-0.15, -0.1) is 0 Å². The van der Waals surface area contributed by atoms with Crippen molar-refractivity contribution in [3.63, 3.8) is 0 Å². The number of nitrogens with one attached hydrogen (secondary N) is 1. The van der Waals surface area contributed by atoms with E-state index in [2.05, 4.69) is 10.3 Å². The molecule has 0 radical (unpaired) electrons. The molecule has 1 aliphatic rings. The van der Waals surface area contributed by atoms with Crippen molar-refractivity contribution < 1.29 is 14.0 Å². The largest absolute Gasteiger partial charge is 0.441 e. The molecule has 2 heterocycles. The number of carbonyl (C=O) groups is 2. The van der Waals surface area contributed by atoms with Crippen LogP contribution in [0.1, 0.15) is 24.3 Å². The molecule has 0 bridgehead atoms. The number of oxazole rings is 1. The van der Waals surface area contributed by atoms with Gasteiger partial charge in [-0.05, 0) is 6.92 Å². The van der Waals surface area contributed by atoms with Crippen LogP contribution in [0.2, 0.25) is 0 Å².